The lowest BCUT2D eigenvalue weighted by Gasteiger charge is -2.38. The molecule has 1 aromatic heterocycles. The molecule has 0 radical (unpaired) electrons. The Balaban J connectivity index is 1.49. The van der Waals surface area contributed by atoms with Crippen molar-refractivity contribution in [3.8, 4) is 11.5 Å². The van der Waals surface area contributed by atoms with E-state index in [2.05, 4.69) is 11.4 Å². The van der Waals surface area contributed by atoms with Gasteiger partial charge in [0.2, 0.25) is 5.91 Å². The van der Waals surface area contributed by atoms with Gasteiger partial charge in [-0.15, -0.1) is 0 Å². The normalized spacial score (nSPS) is 15.6. The predicted molar refractivity (Wildman–Crippen MR) is 117 cm³/mol. The third-order valence-corrected chi connectivity index (χ3v) is 6.29. The Bertz CT molecular complexity index is 1070. The third-order valence-electron chi connectivity index (χ3n) is 6.29. The summed E-state index contributed by atoms with van der Waals surface area (Å²) >= 11 is 0. The Morgan fingerprint density at radius 3 is 2.55 bits per heavy atom. The maximum atomic E-state index is 13.4. The van der Waals surface area contributed by atoms with Gasteiger partial charge in [-0.25, -0.2) is 4.39 Å². The van der Waals surface area contributed by atoms with Crippen LogP contribution in [0.2, 0.25) is 0 Å². The number of nitrogens with one attached hydrogen (secondary N) is 1. The van der Waals surface area contributed by atoms with Crippen LogP contribution in [0.25, 0.3) is 11.0 Å². The highest BCUT2D eigenvalue weighted by molar-refractivity contribution is 5.82. The Hall–Kier alpha value is -3.02. The first-order chi connectivity index (χ1) is 15.0. The zero-order valence-corrected chi connectivity index (χ0v) is 18.0. The van der Waals surface area contributed by atoms with Gasteiger partial charge in [0.1, 0.15) is 17.2 Å². The van der Waals surface area contributed by atoms with Gasteiger partial charge in [-0.3, -0.25) is 4.79 Å². The predicted octanol–water partition coefficient (Wildman–Crippen LogP) is 5.15. The summed E-state index contributed by atoms with van der Waals surface area (Å²) in [6, 6.07) is 12.1. The lowest BCUT2D eigenvalue weighted by molar-refractivity contribution is -0.121. The second kappa shape index (κ2) is 9.00. The number of fused-ring (bicyclic) bond motifs is 1. The van der Waals surface area contributed by atoms with Crippen molar-refractivity contribution in [3.63, 3.8) is 0 Å². The summed E-state index contributed by atoms with van der Waals surface area (Å²) in [6.45, 7) is 0.552. The number of hydrogen-bond donors (Lipinski definition) is 1. The molecule has 3 aromatic rings. The summed E-state index contributed by atoms with van der Waals surface area (Å²) in [7, 11) is 3.26. The van der Waals surface area contributed by atoms with Crippen LogP contribution in [0.3, 0.4) is 0 Å². The minimum atomic E-state index is -0.321. The molecule has 4 rings (SSSR count). The van der Waals surface area contributed by atoms with Crippen molar-refractivity contribution in [1.82, 2.24) is 5.32 Å². The van der Waals surface area contributed by atoms with Crippen molar-refractivity contribution in [2.24, 2.45) is 0 Å². The fourth-order valence-electron chi connectivity index (χ4n) is 4.61. The van der Waals surface area contributed by atoms with Crippen LogP contribution in [-0.2, 0) is 16.6 Å². The van der Waals surface area contributed by atoms with Gasteiger partial charge in [0, 0.05) is 17.3 Å². The van der Waals surface area contributed by atoms with Gasteiger partial charge in [-0.1, -0.05) is 25.3 Å². The molecule has 1 heterocycles. The average Bonchev–Trinajstić information content (AvgIpc) is 3.19. The van der Waals surface area contributed by atoms with Gasteiger partial charge in [0.05, 0.1) is 20.6 Å². The minimum Gasteiger partial charge on any atom is -0.493 e. The molecule has 0 saturated heterocycles. The molecule has 1 amide bonds. The first-order valence-electron chi connectivity index (χ1n) is 10.7. The summed E-state index contributed by atoms with van der Waals surface area (Å²) in [5.41, 5.74) is 1.60. The van der Waals surface area contributed by atoms with Crippen LogP contribution < -0.4 is 14.8 Å². The topological polar surface area (TPSA) is 60.7 Å². The molecule has 0 bridgehead atoms. The standard InChI is InChI=1S/C25H28FNO4/c1-29-22-8-6-18(14-23(22)30-2)25(10-4-3-5-11-25)16-27-24(28)15-20-13-17-12-19(26)7-9-21(17)31-20/h6-9,12-14H,3-5,10-11,15-16H2,1-2H3,(H,27,28). The molecular formula is C25H28FNO4. The highest BCUT2D eigenvalue weighted by Crippen LogP contribution is 2.42. The van der Waals surface area contributed by atoms with E-state index >= 15 is 0 Å². The Kier molecular flexibility index (Phi) is 6.16. The molecule has 5 nitrogen and oxygen atoms in total. The Labute approximate surface area is 181 Å². The summed E-state index contributed by atoms with van der Waals surface area (Å²) in [4.78, 5) is 12.7. The monoisotopic (exact) mass is 425 g/mol. The number of halogens is 1. The molecule has 0 atom stereocenters. The van der Waals surface area contributed by atoms with Gasteiger partial charge in [0.25, 0.3) is 0 Å². The quantitative estimate of drug-likeness (QED) is 0.569. The lowest BCUT2D eigenvalue weighted by Crippen LogP contribution is -2.42. The van der Waals surface area contributed by atoms with Gasteiger partial charge < -0.3 is 19.2 Å². The highest BCUT2D eigenvalue weighted by Gasteiger charge is 2.35. The zero-order valence-electron chi connectivity index (χ0n) is 18.0. The first-order valence-corrected chi connectivity index (χ1v) is 10.7. The molecule has 2 aromatic carbocycles. The molecule has 31 heavy (non-hydrogen) atoms. The van der Waals surface area contributed by atoms with Crippen LogP contribution >= 0.6 is 0 Å². The van der Waals surface area contributed by atoms with E-state index < -0.39 is 0 Å². The molecule has 0 unspecified atom stereocenters. The number of hydrogen-bond acceptors (Lipinski definition) is 4. The van der Waals surface area contributed by atoms with Gasteiger partial charge in [0.15, 0.2) is 11.5 Å². The van der Waals surface area contributed by atoms with E-state index in [1.165, 1.54) is 18.6 Å². The summed E-state index contributed by atoms with van der Waals surface area (Å²) < 4.78 is 30.0. The maximum absolute atomic E-state index is 13.4. The molecule has 164 valence electrons. The van der Waals surface area contributed by atoms with E-state index in [1.807, 2.05) is 12.1 Å². The van der Waals surface area contributed by atoms with Crippen molar-refractivity contribution < 1.29 is 23.1 Å². The molecule has 1 saturated carbocycles. The number of carbonyl (C=O) groups excluding carboxylic acids is 1. The fraction of sp³-hybridized carbons (Fsp3) is 0.400. The maximum Gasteiger partial charge on any atom is 0.227 e. The number of methoxy groups -OCH3 is 2. The second-order valence-corrected chi connectivity index (χ2v) is 8.26. The SMILES string of the molecule is COc1ccc(C2(CNC(=O)Cc3cc4cc(F)ccc4o3)CCCCC2)cc1OC. The molecule has 1 aliphatic carbocycles. The van der Waals surface area contributed by atoms with E-state index in [1.54, 1.807) is 26.4 Å². The van der Waals surface area contributed by atoms with Gasteiger partial charge in [-0.05, 0) is 54.8 Å². The largest absolute Gasteiger partial charge is 0.493 e. The van der Waals surface area contributed by atoms with Crippen LogP contribution in [0.5, 0.6) is 11.5 Å². The number of rotatable bonds is 7. The van der Waals surface area contributed by atoms with Crippen molar-refractivity contribution >= 4 is 16.9 Å². The summed E-state index contributed by atoms with van der Waals surface area (Å²) in [5.74, 6) is 1.50. The van der Waals surface area contributed by atoms with Gasteiger partial charge in [-0.2, -0.15) is 0 Å². The molecule has 0 aliphatic heterocycles. The summed E-state index contributed by atoms with van der Waals surface area (Å²) in [5, 5.41) is 3.78. The number of amides is 1. The fourth-order valence-corrected chi connectivity index (χ4v) is 4.61. The number of furan rings is 1. The van der Waals surface area contributed by atoms with Crippen molar-refractivity contribution in [2.45, 2.75) is 43.9 Å². The highest BCUT2D eigenvalue weighted by atomic mass is 19.1. The van der Waals surface area contributed by atoms with E-state index in [9.17, 15) is 9.18 Å². The lowest BCUT2D eigenvalue weighted by atomic mass is 9.69. The van der Waals surface area contributed by atoms with Gasteiger partial charge >= 0.3 is 0 Å². The molecule has 1 aliphatic rings. The average molecular weight is 426 g/mol. The van der Waals surface area contributed by atoms with Crippen molar-refractivity contribution in [2.75, 3.05) is 20.8 Å². The third kappa shape index (κ3) is 4.53. The Morgan fingerprint density at radius 1 is 1.03 bits per heavy atom. The van der Waals surface area contributed by atoms with E-state index in [4.69, 9.17) is 13.9 Å². The number of benzene rings is 2. The first kappa shape index (κ1) is 21.2. The van der Waals surface area contributed by atoms with E-state index in [0.29, 0.717) is 34.8 Å². The second-order valence-electron chi connectivity index (χ2n) is 8.26. The van der Waals surface area contributed by atoms with E-state index in [0.717, 1.165) is 31.2 Å². The van der Waals surface area contributed by atoms with Crippen LogP contribution in [0, 0.1) is 5.82 Å². The minimum absolute atomic E-state index is 0.107. The van der Waals surface area contributed by atoms with E-state index in [-0.39, 0.29) is 23.6 Å². The molecule has 1 fully saturated rings. The molecule has 0 spiro atoms. The van der Waals surface area contributed by atoms with Crippen LogP contribution in [0.1, 0.15) is 43.4 Å². The van der Waals surface area contributed by atoms with Crippen molar-refractivity contribution in [1.29, 1.82) is 0 Å². The molecular weight excluding hydrogens is 397 g/mol. The molecule has 1 N–H and O–H groups in total. The zero-order chi connectivity index (χ0) is 21.8. The smallest absolute Gasteiger partial charge is 0.227 e. The van der Waals surface area contributed by atoms with Crippen LogP contribution in [-0.4, -0.2) is 26.7 Å². The number of carbonyl (C=O) groups is 1. The number of ether oxygens (including phenoxy) is 2. The Morgan fingerprint density at radius 2 is 1.81 bits per heavy atom. The van der Waals surface area contributed by atoms with Crippen LogP contribution in [0.4, 0.5) is 4.39 Å². The molecule has 6 heteroatoms. The van der Waals surface area contributed by atoms with Crippen LogP contribution in [0.15, 0.2) is 46.9 Å². The summed E-state index contributed by atoms with van der Waals surface area (Å²) in [6.07, 6.45) is 5.59. The van der Waals surface area contributed by atoms with Crippen molar-refractivity contribution in [3.05, 3.63) is 59.6 Å².